The summed E-state index contributed by atoms with van der Waals surface area (Å²) in [6, 6.07) is 20.5. The Morgan fingerprint density at radius 3 is 2.46 bits per heavy atom. The topological polar surface area (TPSA) is 83.1 Å². The minimum absolute atomic E-state index is 0.255. The minimum atomic E-state index is -0.534. The lowest BCUT2D eigenvalue weighted by molar-refractivity contribution is -0.479. The minimum Gasteiger partial charge on any atom is -0.487 e. The molecule has 0 aliphatic rings. The van der Waals surface area contributed by atoms with Gasteiger partial charge in [0.1, 0.15) is 23.4 Å². The molecule has 0 unspecified atom stereocenters. The molecule has 1 atom stereocenters. The molecule has 10 heteroatoms. The molecule has 35 heavy (non-hydrogen) atoms. The Balaban J connectivity index is 1.58. The number of nitrogens with zero attached hydrogens (tertiary/aromatic N) is 4. The SMILES string of the molecule is Cc1ccc(-n2c(C)nnc2S[C@H](C[N+](=O)[O-])c2ccc(OCc3ccccc3Cl)c(Cl)c2)cc1. The maximum absolute atomic E-state index is 11.5. The van der Waals surface area contributed by atoms with E-state index >= 15 is 0 Å². The van der Waals surface area contributed by atoms with Gasteiger partial charge in [0.2, 0.25) is 6.54 Å². The van der Waals surface area contributed by atoms with Crippen molar-refractivity contribution in [3.8, 4) is 11.4 Å². The monoisotopic (exact) mass is 528 g/mol. The van der Waals surface area contributed by atoms with Crippen molar-refractivity contribution in [2.45, 2.75) is 30.9 Å². The van der Waals surface area contributed by atoms with Gasteiger partial charge in [0.15, 0.2) is 5.16 Å². The molecule has 0 fully saturated rings. The van der Waals surface area contributed by atoms with Crippen molar-refractivity contribution in [3.63, 3.8) is 0 Å². The Morgan fingerprint density at radius 2 is 1.77 bits per heavy atom. The van der Waals surface area contributed by atoms with Gasteiger partial charge in [0, 0.05) is 21.2 Å². The lowest BCUT2D eigenvalue weighted by atomic mass is 10.1. The third-order valence-electron chi connectivity index (χ3n) is 5.32. The van der Waals surface area contributed by atoms with Crippen molar-refractivity contribution >= 4 is 35.0 Å². The number of halogens is 2. The van der Waals surface area contributed by atoms with Gasteiger partial charge < -0.3 is 4.74 Å². The summed E-state index contributed by atoms with van der Waals surface area (Å²) in [6.07, 6.45) is 0. The molecule has 0 radical (unpaired) electrons. The van der Waals surface area contributed by atoms with E-state index in [-0.39, 0.29) is 18.1 Å². The average molecular weight is 529 g/mol. The van der Waals surface area contributed by atoms with Crippen molar-refractivity contribution in [2.24, 2.45) is 0 Å². The van der Waals surface area contributed by atoms with Gasteiger partial charge in [-0.1, -0.05) is 76.9 Å². The van der Waals surface area contributed by atoms with Gasteiger partial charge in [-0.3, -0.25) is 14.7 Å². The first kappa shape index (κ1) is 25.0. The van der Waals surface area contributed by atoms with Crippen LogP contribution in [0.1, 0.15) is 27.8 Å². The molecule has 1 aromatic heterocycles. The van der Waals surface area contributed by atoms with E-state index in [2.05, 4.69) is 10.2 Å². The molecule has 0 saturated heterocycles. The van der Waals surface area contributed by atoms with Crippen molar-refractivity contribution < 1.29 is 9.66 Å². The molecule has 0 aliphatic carbocycles. The fraction of sp³-hybridized carbons (Fsp3) is 0.200. The number of rotatable bonds is 9. The first-order valence-corrected chi connectivity index (χ1v) is 12.4. The van der Waals surface area contributed by atoms with E-state index in [0.717, 1.165) is 16.8 Å². The summed E-state index contributed by atoms with van der Waals surface area (Å²) in [5.74, 6) is 1.16. The van der Waals surface area contributed by atoms with E-state index in [1.54, 1.807) is 24.3 Å². The summed E-state index contributed by atoms with van der Waals surface area (Å²) in [4.78, 5) is 11.2. The van der Waals surface area contributed by atoms with E-state index in [0.29, 0.717) is 32.3 Å². The molecule has 0 aliphatic heterocycles. The predicted octanol–water partition coefficient (Wildman–Crippen LogP) is 6.88. The standard InChI is InChI=1S/C25H22Cl2N4O3S/c1-16-7-10-20(11-8-16)31-17(2)28-29-25(31)35-24(14-30(32)33)18-9-12-23(22(27)13-18)34-15-19-5-3-4-6-21(19)26/h3-13,24H,14-15H2,1-2H3/t24-/m1/s1. The van der Waals surface area contributed by atoms with Gasteiger partial charge >= 0.3 is 0 Å². The molecule has 7 nitrogen and oxygen atoms in total. The van der Waals surface area contributed by atoms with Crippen LogP contribution < -0.4 is 4.74 Å². The second-order valence-electron chi connectivity index (χ2n) is 7.89. The largest absolute Gasteiger partial charge is 0.487 e. The molecule has 0 N–H and O–H groups in total. The summed E-state index contributed by atoms with van der Waals surface area (Å²) in [7, 11) is 0. The van der Waals surface area contributed by atoms with Crippen LogP contribution in [0.3, 0.4) is 0 Å². The average Bonchev–Trinajstić information content (AvgIpc) is 3.19. The smallest absolute Gasteiger partial charge is 0.220 e. The molecule has 4 rings (SSSR count). The van der Waals surface area contributed by atoms with Gasteiger partial charge in [-0.15, -0.1) is 10.2 Å². The zero-order valence-corrected chi connectivity index (χ0v) is 21.3. The van der Waals surface area contributed by atoms with Crippen molar-refractivity contribution in [1.82, 2.24) is 14.8 Å². The van der Waals surface area contributed by atoms with Crippen LogP contribution in [-0.2, 0) is 6.61 Å². The highest BCUT2D eigenvalue weighted by molar-refractivity contribution is 7.99. The van der Waals surface area contributed by atoms with Crippen molar-refractivity contribution in [3.05, 3.63) is 109 Å². The first-order chi connectivity index (χ1) is 16.8. The second kappa shape index (κ2) is 11.1. The van der Waals surface area contributed by atoms with E-state index in [9.17, 15) is 10.1 Å². The zero-order valence-electron chi connectivity index (χ0n) is 19.0. The number of aryl methyl sites for hydroxylation is 2. The molecule has 1 heterocycles. The third kappa shape index (κ3) is 6.14. The van der Waals surface area contributed by atoms with Crippen LogP contribution in [-0.4, -0.2) is 26.2 Å². The third-order valence-corrected chi connectivity index (χ3v) is 7.16. The molecule has 0 saturated carbocycles. The van der Waals surface area contributed by atoms with E-state index in [1.807, 2.05) is 60.9 Å². The number of ether oxygens (including phenoxy) is 1. The van der Waals surface area contributed by atoms with Crippen LogP contribution in [0.25, 0.3) is 5.69 Å². The summed E-state index contributed by atoms with van der Waals surface area (Å²) in [6.45, 7) is 3.81. The second-order valence-corrected chi connectivity index (χ2v) is 9.88. The lowest BCUT2D eigenvalue weighted by Crippen LogP contribution is -2.11. The number of benzene rings is 3. The molecule has 4 aromatic rings. The normalized spacial score (nSPS) is 11.9. The maximum Gasteiger partial charge on any atom is 0.220 e. The van der Waals surface area contributed by atoms with Crippen LogP contribution >= 0.6 is 35.0 Å². The van der Waals surface area contributed by atoms with Crippen LogP contribution in [0.4, 0.5) is 0 Å². The van der Waals surface area contributed by atoms with Gasteiger partial charge in [0.05, 0.1) is 5.02 Å². The summed E-state index contributed by atoms with van der Waals surface area (Å²) < 4.78 is 7.73. The molecular weight excluding hydrogens is 507 g/mol. The van der Waals surface area contributed by atoms with Gasteiger partial charge in [-0.2, -0.15) is 0 Å². The fourth-order valence-electron chi connectivity index (χ4n) is 3.49. The Kier molecular flexibility index (Phi) is 7.95. The Hall–Kier alpha value is -3.07. The van der Waals surface area contributed by atoms with Crippen LogP contribution in [0.2, 0.25) is 10.0 Å². The van der Waals surface area contributed by atoms with Gasteiger partial charge in [0.25, 0.3) is 0 Å². The first-order valence-electron chi connectivity index (χ1n) is 10.7. The highest BCUT2D eigenvalue weighted by Crippen LogP contribution is 2.39. The zero-order chi connectivity index (χ0) is 24.9. The van der Waals surface area contributed by atoms with Crippen LogP contribution in [0.15, 0.2) is 71.9 Å². The summed E-state index contributed by atoms with van der Waals surface area (Å²) in [5, 5.41) is 21.0. The molecule has 0 bridgehead atoms. The predicted molar refractivity (Wildman–Crippen MR) is 139 cm³/mol. The molecule has 3 aromatic carbocycles. The van der Waals surface area contributed by atoms with Crippen LogP contribution in [0, 0.1) is 24.0 Å². The van der Waals surface area contributed by atoms with Crippen molar-refractivity contribution in [1.29, 1.82) is 0 Å². The Bertz CT molecular complexity index is 1350. The number of aromatic nitrogens is 3. The molecule has 180 valence electrons. The highest BCUT2D eigenvalue weighted by atomic mass is 35.5. The summed E-state index contributed by atoms with van der Waals surface area (Å²) in [5.41, 5.74) is 3.55. The summed E-state index contributed by atoms with van der Waals surface area (Å²) >= 11 is 14.0. The van der Waals surface area contributed by atoms with Crippen LogP contribution in [0.5, 0.6) is 5.75 Å². The lowest BCUT2D eigenvalue weighted by Gasteiger charge is -2.16. The maximum atomic E-state index is 11.5. The van der Waals surface area contributed by atoms with E-state index < -0.39 is 5.25 Å². The molecule has 0 amide bonds. The Labute approximate surface area is 217 Å². The quantitative estimate of drug-likeness (QED) is 0.134. The molecule has 0 spiro atoms. The fourth-order valence-corrected chi connectivity index (χ4v) is 5.09. The van der Waals surface area contributed by atoms with E-state index in [1.165, 1.54) is 11.8 Å². The van der Waals surface area contributed by atoms with E-state index in [4.69, 9.17) is 27.9 Å². The number of nitro groups is 1. The van der Waals surface area contributed by atoms with Gasteiger partial charge in [-0.25, -0.2) is 0 Å². The van der Waals surface area contributed by atoms with Gasteiger partial charge in [-0.05, 0) is 49.7 Å². The number of hydrogen-bond donors (Lipinski definition) is 0. The number of thioether (sulfide) groups is 1. The molecular formula is C25H22Cl2N4O3S. The Morgan fingerprint density at radius 1 is 1.03 bits per heavy atom. The number of hydrogen-bond acceptors (Lipinski definition) is 6. The van der Waals surface area contributed by atoms with Crippen molar-refractivity contribution in [2.75, 3.05) is 6.54 Å². The highest BCUT2D eigenvalue weighted by Gasteiger charge is 2.24.